The molecule has 152 valence electrons. The Kier molecular flexibility index (Phi) is 8.27. The highest BCUT2D eigenvalue weighted by Gasteiger charge is 2.26. The highest BCUT2D eigenvalue weighted by atomic mass is 35.5. The molecule has 0 heterocycles. The number of aryl methyl sites for hydroxylation is 1. The molecule has 6 nitrogen and oxygen atoms in total. The van der Waals surface area contributed by atoms with Gasteiger partial charge in [-0.2, -0.15) is 4.72 Å². The van der Waals surface area contributed by atoms with E-state index >= 15 is 0 Å². The summed E-state index contributed by atoms with van der Waals surface area (Å²) in [6.45, 7) is 2.40. The van der Waals surface area contributed by atoms with Crippen molar-refractivity contribution in [1.82, 2.24) is 4.72 Å². The molecule has 0 aromatic heterocycles. The normalized spacial score (nSPS) is 12.6. The fourth-order valence-electron chi connectivity index (χ4n) is 2.50. The van der Waals surface area contributed by atoms with Gasteiger partial charge in [0, 0.05) is 5.69 Å². The SMILES string of the molecule is Cc1ccc(NC(=O)[C@H](CCCCN)NS(=O)(=O)c2ccc(Cl)c(Cl)c2)cc1. The molecule has 28 heavy (non-hydrogen) atoms. The van der Waals surface area contributed by atoms with Gasteiger partial charge in [0.2, 0.25) is 15.9 Å². The van der Waals surface area contributed by atoms with Gasteiger partial charge in [-0.1, -0.05) is 47.3 Å². The van der Waals surface area contributed by atoms with Gasteiger partial charge in [-0.3, -0.25) is 4.79 Å². The summed E-state index contributed by atoms with van der Waals surface area (Å²) in [5.41, 5.74) is 7.16. The zero-order valence-electron chi connectivity index (χ0n) is 15.4. The topological polar surface area (TPSA) is 101 Å². The Bertz CT molecular complexity index is 919. The Labute approximate surface area is 175 Å². The van der Waals surface area contributed by atoms with Crippen LogP contribution >= 0.6 is 23.2 Å². The average molecular weight is 444 g/mol. The van der Waals surface area contributed by atoms with Gasteiger partial charge in [0.25, 0.3) is 0 Å². The molecule has 2 rings (SSSR count). The molecule has 9 heteroatoms. The van der Waals surface area contributed by atoms with E-state index in [4.69, 9.17) is 28.9 Å². The molecule has 0 aliphatic carbocycles. The predicted octanol–water partition coefficient (Wildman–Crippen LogP) is 3.72. The van der Waals surface area contributed by atoms with Crippen molar-refractivity contribution in [1.29, 1.82) is 0 Å². The van der Waals surface area contributed by atoms with E-state index in [2.05, 4.69) is 10.0 Å². The van der Waals surface area contributed by atoms with Crippen LogP contribution in [0, 0.1) is 6.92 Å². The highest BCUT2D eigenvalue weighted by molar-refractivity contribution is 7.89. The number of carbonyl (C=O) groups excluding carboxylic acids is 1. The summed E-state index contributed by atoms with van der Waals surface area (Å²) in [5, 5.41) is 3.11. The lowest BCUT2D eigenvalue weighted by Gasteiger charge is -2.19. The molecular formula is C19H23Cl2N3O3S. The van der Waals surface area contributed by atoms with Crippen LogP contribution in [0.1, 0.15) is 24.8 Å². The number of benzene rings is 2. The van der Waals surface area contributed by atoms with Gasteiger partial charge in [0.05, 0.1) is 14.9 Å². The van der Waals surface area contributed by atoms with Crippen LogP contribution in [-0.2, 0) is 14.8 Å². The van der Waals surface area contributed by atoms with E-state index in [9.17, 15) is 13.2 Å². The number of sulfonamides is 1. The highest BCUT2D eigenvalue weighted by Crippen LogP contribution is 2.25. The summed E-state index contributed by atoms with van der Waals surface area (Å²) in [6.07, 6.45) is 1.60. The van der Waals surface area contributed by atoms with Crippen LogP contribution in [0.15, 0.2) is 47.4 Å². The monoisotopic (exact) mass is 443 g/mol. The van der Waals surface area contributed by atoms with Crippen LogP contribution in [0.2, 0.25) is 10.0 Å². The lowest BCUT2D eigenvalue weighted by atomic mass is 10.1. The molecule has 2 aromatic carbocycles. The number of rotatable bonds is 9. The van der Waals surface area contributed by atoms with Crippen molar-refractivity contribution in [3.05, 3.63) is 58.1 Å². The van der Waals surface area contributed by atoms with Crippen LogP contribution in [0.4, 0.5) is 5.69 Å². The van der Waals surface area contributed by atoms with Crippen molar-refractivity contribution < 1.29 is 13.2 Å². The minimum Gasteiger partial charge on any atom is -0.330 e. The third-order valence-electron chi connectivity index (χ3n) is 4.08. The van der Waals surface area contributed by atoms with E-state index in [0.717, 1.165) is 5.56 Å². The van der Waals surface area contributed by atoms with E-state index in [1.807, 2.05) is 19.1 Å². The number of unbranched alkanes of at least 4 members (excludes halogenated alkanes) is 1. The number of amides is 1. The minimum atomic E-state index is -3.97. The van der Waals surface area contributed by atoms with Gasteiger partial charge >= 0.3 is 0 Å². The molecule has 0 aliphatic rings. The summed E-state index contributed by atoms with van der Waals surface area (Å²) in [6, 6.07) is 10.3. The second kappa shape index (κ2) is 10.2. The largest absolute Gasteiger partial charge is 0.330 e. The zero-order chi connectivity index (χ0) is 20.7. The molecular weight excluding hydrogens is 421 g/mol. The van der Waals surface area contributed by atoms with Gasteiger partial charge in [0.15, 0.2) is 0 Å². The molecule has 0 saturated heterocycles. The molecule has 0 unspecified atom stereocenters. The maximum absolute atomic E-state index is 12.7. The van der Waals surface area contributed by atoms with Crippen molar-refractivity contribution in [2.45, 2.75) is 37.1 Å². The average Bonchev–Trinajstić information content (AvgIpc) is 2.65. The number of anilines is 1. The summed E-state index contributed by atoms with van der Waals surface area (Å²) >= 11 is 11.8. The molecule has 0 fully saturated rings. The fourth-order valence-corrected chi connectivity index (χ4v) is 4.12. The van der Waals surface area contributed by atoms with Gasteiger partial charge < -0.3 is 11.1 Å². The van der Waals surface area contributed by atoms with Crippen molar-refractivity contribution >= 4 is 44.8 Å². The van der Waals surface area contributed by atoms with Crippen molar-refractivity contribution in [3.63, 3.8) is 0 Å². The van der Waals surface area contributed by atoms with Crippen molar-refractivity contribution in [2.24, 2.45) is 5.73 Å². The first-order chi connectivity index (χ1) is 13.2. The summed E-state index contributed by atoms with van der Waals surface area (Å²) in [7, 11) is -3.97. The Morgan fingerprint density at radius 3 is 2.36 bits per heavy atom. The van der Waals surface area contributed by atoms with E-state index in [1.54, 1.807) is 12.1 Å². The first-order valence-electron chi connectivity index (χ1n) is 8.78. The number of hydrogen-bond acceptors (Lipinski definition) is 4. The summed E-state index contributed by atoms with van der Waals surface area (Å²) in [4.78, 5) is 12.6. The molecule has 4 N–H and O–H groups in total. The summed E-state index contributed by atoms with van der Waals surface area (Å²) < 4.78 is 27.9. The minimum absolute atomic E-state index is 0.0612. The predicted molar refractivity (Wildman–Crippen MR) is 113 cm³/mol. The van der Waals surface area contributed by atoms with E-state index in [0.29, 0.717) is 31.5 Å². The third kappa shape index (κ3) is 6.46. The molecule has 0 bridgehead atoms. The first kappa shape index (κ1) is 22.6. The second-order valence-electron chi connectivity index (χ2n) is 6.39. The number of halogens is 2. The lowest BCUT2D eigenvalue weighted by Crippen LogP contribution is -2.43. The Balaban J connectivity index is 2.19. The van der Waals surface area contributed by atoms with Gasteiger partial charge in [0.1, 0.15) is 6.04 Å². The maximum atomic E-state index is 12.7. The number of nitrogens with one attached hydrogen (secondary N) is 2. The quantitative estimate of drug-likeness (QED) is 0.513. The Morgan fingerprint density at radius 2 is 1.75 bits per heavy atom. The molecule has 2 aromatic rings. The fraction of sp³-hybridized carbons (Fsp3) is 0.316. The van der Waals surface area contributed by atoms with Crippen LogP contribution < -0.4 is 15.8 Å². The Hall–Kier alpha value is -1.64. The lowest BCUT2D eigenvalue weighted by molar-refractivity contribution is -0.117. The first-order valence-corrected chi connectivity index (χ1v) is 11.0. The smallest absolute Gasteiger partial charge is 0.242 e. The van der Waals surface area contributed by atoms with Gasteiger partial charge in [-0.25, -0.2) is 8.42 Å². The van der Waals surface area contributed by atoms with Crippen LogP contribution in [0.3, 0.4) is 0 Å². The van der Waals surface area contributed by atoms with Gasteiger partial charge in [-0.15, -0.1) is 0 Å². The Morgan fingerprint density at radius 1 is 1.07 bits per heavy atom. The number of nitrogens with two attached hydrogens (primary N) is 1. The third-order valence-corrected chi connectivity index (χ3v) is 6.29. The van der Waals surface area contributed by atoms with E-state index in [-0.39, 0.29) is 14.9 Å². The second-order valence-corrected chi connectivity index (χ2v) is 8.92. The van der Waals surface area contributed by atoms with Gasteiger partial charge in [-0.05, 0) is 56.6 Å². The van der Waals surface area contributed by atoms with E-state index < -0.39 is 22.0 Å². The molecule has 0 spiro atoms. The molecule has 1 amide bonds. The number of carbonyl (C=O) groups is 1. The van der Waals surface area contributed by atoms with Crippen LogP contribution in [-0.4, -0.2) is 26.9 Å². The van der Waals surface area contributed by atoms with E-state index in [1.165, 1.54) is 18.2 Å². The molecule has 1 atom stereocenters. The summed E-state index contributed by atoms with van der Waals surface area (Å²) in [5.74, 6) is -0.440. The molecule has 0 aliphatic heterocycles. The number of hydrogen-bond donors (Lipinski definition) is 3. The van der Waals surface area contributed by atoms with Crippen LogP contribution in [0.5, 0.6) is 0 Å². The van der Waals surface area contributed by atoms with Crippen LogP contribution in [0.25, 0.3) is 0 Å². The molecule has 0 saturated carbocycles. The van der Waals surface area contributed by atoms with Crippen molar-refractivity contribution in [3.8, 4) is 0 Å². The van der Waals surface area contributed by atoms with Crippen molar-refractivity contribution in [2.75, 3.05) is 11.9 Å². The zero-order valence-corrected chi connectivity index (χ0v) is 17.7. The maximum Gasteiger partial charge on any atom is 0.242 e. The molecule has 0 radical (unpaired) electrons. The standard InChI is InChI=1S/C19H23Cl2N3O3S/c1-13-5-7-14(8-6-13)23-19(25)18(4-2-3-11-22)24-28(26,27)15-9-10-16(20)17(21)12-15/h5-10,12,18,24H,2-4,11,22H2,1H3,(H,23,25)/t18-/m0/s1.